The lowest BCUT2D eigenvalue weighted by atomic mass is 10.1. The van der Waals surface area contributed by atoms with Crippen LogP contribution in [0.25, 0.3) is 0 Å². The number of benzene rings is 3. The molecule has 1 atom stereocenters. The molecule has 8 heteroatoms. The van der Waals surface area contributed by atoms with Crippen molar-refractivity contribution in [3.05, 3.63) is 90.0 Å². The highest BCUT2D eigenvalue weighted by molar-refractivity contribution is 7.90. The summed E-state index contributed by atoms with van der Waals surface area (Å²) < 4.78 is 34.2. The lowest BCUT2D eigenvalue weighted by molar-refractivity contribution is -0.125. The van der Waals surface area contributed by atoms with Crippen LogP contribution in [0.3, 0.4) is 0 Å². The van der Waals surface area contributed by atoms with Gasteiger partial charge in [-0.2, -0.15) is 0 Å². The van der Waals surface area contributed by atoms with Gasteiger partial charge in [0.25, 0.3) is 5.91 Å². The maximum atomic E-state index is 13.0. The van der Waals surface area contributed by atoms with Gasteiger partial charge in [0.05, 0.1) is 17.6 Å². The Morgan fingerprint density at radius 1 is 0.903 bits per heavy atom. The SMILES string of the molecule is COc1cccc(NC(=O)[C@H](OC(=O)c2cccc(S(C)(=O)=O)c2)c2ccccc2)c1. The van der Waals surface area contributed by atoms with Crippen LogP contribution >= 0.6 is 0 Å². The fourth-order valence-corrected chi connectivity index (χ4v) is 3.50. The highest BCUT2D eigenvalue weighted by Gasteiger charge is 2.26. The van der Waals surface area contributed by atoms with Crippen LogP contribution in [0, 0.1) is 0 Å². The zero-order valence-corrected chi connectivity index (χ0v) is 17.8. The molecule has 7 nitrogen and oxygen atoms in total. The normalized spacial score (nSPS) is 11.9. The fraction of sp³-hybridized carbons (Fsp3) is 0.130. The van der Waals surface area contributed by atoms with Crippen LogP contribution < -0.4 is 10.1 Å². The Morgan fingerprint density at radius 3 is 2.29 bits per heavy atom. The van der Waals surface area contributed by atoms with E-state index in [1.165, 1.54) is 31.4 Å². The van der Waals surface area contributed by atoms with Gasteiger partial charge in [-0.1, -0.05) is 42.5 Å². The second kappa shape index (κ2) is 9.44. The molecule has 1 amide bonds. The molecule has 31 heavy (non-hydrogen) atoms. The topological polar surface area (TPSA) is 98.8 Å². The Balaban J connectivity index is 1.88. The number of rotatable bonds is 7. The molecular formula is C23H21NO6S. The third-order valence-corrected chi connectivity index (χ3v) is 5.51. The molecule has 0 aromatic heterocycles. The number of sulfone groups is 1. The molecule has 0 saturated heterocycles. The molecule has 3 aromatic rings. The first-order valence-corrected chi connectivity index (χ1v) is 11.2. The molecule has 0 heterocycles. The van der Waals surface area contributed by atoms with Crippen molar-refractivity contribution < 1.29 is 27.5 Å². The summed E-state index contributed by atoms with van der Waals surface area (Å²) in [5.74, 6) is -0.823. The zero-order valence-electron chi connectivity index (χ0n) is 16.9. The molecule has 1 N–H and O–H groups in total. The predicted octanol–water partition coefficient (Wildman–Crippen LogP) is 3.64. The van der Waals surface area contributed by atoms with Gasteiger partial charge in [0, 0.05) is 23.6 Å². The number of hydrogen-bond donors (Lipinski definition) is 1. The molecule has 0 unspecified atom stereocenters. The van der Waals surface area contributed by atoms with Gasteiger partial charge in [0.15, 0.2) is 9.84 Å². The average Bonchev–Trinajstić information content (AvgIpc) is 2.77. The fourth-order valence-electron chi connectivity index (χ4n) is 2.84. The number of hydrogen-bond acceptors (Lipinski definition) is 6. The number of esters is 1. The molecule has 3 rings (SSSR count). The summed E-state index contributed by atoms with van der Waals surface area (Å²) >= 11 is 0. The van der Waals surface area contributed by atoms with Crippen LogP contribution in [-0.2, 0) is 19.4 Å². The standard InChI is InChI=1S/C23H21NO6S/c1-29-19-12-7-11-18(15-19)24-22(25)21(16-8-4-3-5-9-16)30-23(26)17-10-6-13-20(14-17)31(2,27)28/h3-15,21H,1-2H3,(H,24,25)/t21-/m1/s1. The molecule has 0 aliphatic carbocycles. The molecule has 0 bridgehead atoms. The summed E-state index contributed by atoms with van der Waals surface area (Å²) in [5, 5.41) is 2.72. The van der Waals surface area contributed by atoms with Crippen molar-refractivity contribution >= 4 is 27.4 Å². The molecule has 0 saturated carbocycles. The summed E-state index contributed by atoms with van der Waals surface area (Å²) in [6.07, 6.45) is -0.201. The third kappa shape index (κ3) is 5.70. The first-order valence-electron chi connectivity index (χ1n) is 9.29. The minimum atomic E-state index is -3.50. The van der Waals surface area contributed by atoms with E-state index in [-0.39, 0.29) is 10.5 Å². The van der Waals surface area contributed by atoms with E-state index in [1.54, 1.807) is 54.6 Å². The highest BCUT2D eigenvalue weighted by Crippen LogP contribution is 2.24. The summed E-state index contributed by atoms with van der Waals surface area (Å²) in [5.41, 5.74) is 0.967. The van der Waals surface area contributed by atoms with Gasteiger partial charge in [-0.25, -0.2) is 13.2 Å². The lowest BCUT2D eigenvalue weighted by Crippen LogP contribution is -2.26. The van der Waals surface area contributed by atoms with Crippen molar-refractivity contribution in [1.29, 1.82) is 0 Å². The van der Waals surface area contributed by atoms with Crippen molar-refractivity contribution in [1.82, 2.24) is 0 Å². The van der Waals surface area contributed by atoms with E-state index in [2.05, 4.69) is 5.32 Å². The van der Waals surface area contributed by atoms with Crippen molar-refractivity contribution in [2.24, 2.45) is 0 Å². The Kier molecular flexibility index (Phi) is 6.71. The van der Waals surface area contributed by atoms with E-state index in [0.717, 1.165) is 6.26 Å². The van der Waals surface area contributed by atoms with E-state index in [4.69, 9.17) is 9.47 Å². The zero-order chi connectivity index (χ0) is 22.4. The van der Waals surface area contributed by atoms with E-state index in [0.29, 0.717) is 17.0 Å². The van der Waals surface area contributed by atoms with Crippen LogP contribution in [-0.4, -0.2) is 33.7 Å². The molecule has 0 aliphatic rings. The number of methoxy groups -OCH3 is 1. The lowest BCUT2D eigenvalue weighted by Gasteiger charge is -2.18. The number of amides is 1. The van der Waals surface area contributed by atoms with Gasteiger partial charge < -0.3 is 14.8 Å². The molecular weight excluding hydrogens is 418 g/mol. The van der Waals surface area contributed by atoms with Gasteiger partial charge in [-0.05, 0) is 30.3 Å². The van der Waals surface area contributed by atoms with Crippen molar-refractivity contribution in [2.45, 2.75) is 11.0 Å². The summed E-state index contributed by atoms with van der Waals surface area (Å²) in [4.78, 5) is 25.7. The highest BCUT2D eigenvalue weighted by atomic mass is 32.2. The maximum absolute atomic E-state index is 13.0. The van der Waals surface area contributed by atoms with E-state index < -0.39 is 27.8 Å². The molecule has 0 radical (unpaired) electrons. The van der Waals surface area contributed by atoms with Crippen molar-refractivity contribution in [3.8, 4) is 5.75 Å². The van der Waals surface area contributed by atoms with Crippen LogP contribution in [0.15, 0.2) is 83.8 Å². The quantitative estimate of drug-likeness (QED) is 0.565. The van der Waals surface area contributed by atoms with Gasteiger partial charge in [-0.15, -0.1) is 0 Å². The second-order valence-corrected chi connectivity index (χ2v) is 8.73. The number of nitrogens with one attached hydrogen (secondary N) is 1. The minimum absolute atomic E-state index is 0.0148. The first kappa shape index (κ1) is 22.0. The Bertz CT molecular complexity index is 1190. The Morgan fingerprint density at radius 2 is 1.61 bits per heavy atom. The maximum Gasteiger partial charge on any atom is 0.339 e. The smallest absolute Gasteiger partial charge is 0.339 e. The Hall–Kier alpha value is -3.65. The average molecular weight is 439 g/mol. The second-order valence-electron chi connectivity index (χ2n) is 6.72. The summed E-state index contributed by atoms with van der Waals surface area (Å²) in [7, 11) is -1.99. The van der Waals surface area contributed by atoms with Gasteiger partial charge in [0.2, 0.25) is 6.10 Å². The number of carbonyl (C=O) groups excluding carboxylic acids is 2. The van der Waals surface area contributed by atoms with E-state index in [1.807, 2.05) is 0 Å². The largest absolute Gasteiger partial charge is 0.497 e. The molecule has 0 spiro atoms. The predicted molar refractivity (Wildman–Crippen MR) is 116 cm³/mol. The molecule has 3 aromatic carbocycles. The molecule has 160 valence electrons. The summed E-state index contributed by atoms with van der Waals surface area (Å²) in [6, 6.07) is 20.8. The van der Waals surface area contributed by atoms with Crippen LogP contribution in [0.1, 0.15) is 22.0 Å². The van der Waals surface area contributed by atoms with Crippen LogP contribution in [0.5, 0.6) is 5.75 Å². The third-order valence-electron chi connectivity index (χ3n) is 4.40. The summed E-state index contributed by atoms with van der Waals surface area (Å²) in [6.45, 7) is 0. The van der Waals surface area contributed by atoms with Gasteiger partial charge in [-0.3, -0.25) is 4.79 Å². The van der Waals surface area contributed by atoms with Crippen LogP contribution in [0.2, 0.25) is 0 Å². The molecule has 0 aliphatic heterocycles. The monoisotopic (exact) mass is 439 g/mol. The van der Waals surface area contributed by atoms with E-state index in [9.17, 15) is 18.0 Å². The number of carbonyl (C=O) groups is 2. The number of ether oxygens (including phenoxy) is 2. The first-order chi connectivity index (χ1) is 14.8. The van der Waals surface area contributed by atoms with E-state index >= 15 is 0 Å². The molecule has 0 fully saturated rings. The number of anilines is 1. The minimum Gasteiger partial charge on any atom is -0.497 e. The van der Waals surface area contributed by atoms with Gasteiger partial charge >= 0.3 is 5.97 Å². The Labute approximate surface area is 180 Å². The van der Waals surface area contributed by atoms with Crippen molar-refractivity contribution in [3.63, 3.8) is 0 Å². The van der Waals surface area contributed by atoms with Gasteiger partial charge in [0.1, 0.15) is 5.75 Å². The van der Waals surface area contributed by atoms with Crippen molar-refractivity contribution in [2.75, 3.05) is 18.7 Å². The van der Waals surface area contributed by atoms with Crippen LogP contribution in [0.4, 0.5) is 5.69 Å².